The molecule has 0 bridgehead atoms. The average molecular weight is 222 g/mol. The van der Waals surface area contributed by atoms with Crippen LogP contribution < -0.4 is 10.6 Å². The van der Waals surface area contributed by atoms with Crippen LogP contribution in [0.25, 0.3) is 0 Å². The fraction of sp³-hybridized carbons (Fsp3) is 0.417. The van der Waals surface area contributed by atoms with Crippen LogP contribution in [-0.4, -0.2) is 19.7 Å². The smallest absolute Gasteiger partial charge is 0.319 e. The topological polar surface area (TPSA) is 50.4 Å². The van der Waals surface area contributed by atoms with E-state index in [1.54, 1.807) is 7.11 Å². The van der Waals surface area contributed by atoms with Gasteiger partial charge < -0.3 is 15.4 Å². The van der Waals surface area contributed by atoms with E-state index in [1.165, 1.54) is 0 Å². The maximum atomic E-state index is 11.4. The van der Waals surface area contributed by atoms with Gasteiger partial charge in [0.05, 0.1) is 6.61 Å². The van der Waals surface area contributed by atoms with Gasteiger partial charge in [-0.25, -0.2) is 4.79 Å². The first-order valence-electron chi connectivity index (χ1n) is 5.39. The molecule has 4 nitrogen and oxygen atoms in total. The van der Waals surface area contributed by atoms with Crippen LogP contribution in [0.2, 0.25) is 0 Å². The second kappa shape index (κ2) is 6.85. The third-order valence-electron chi connectivity index (χ3n) is 2.03. The molecule has 0 heterocycles. The quantitative estimate of drug-likeness (QED) is 0.803. The third kappa shape index (κ3) is 4.31. The van der Waals surface area contributed by atoms with E-state index < -0.39 is 0 Å². The molecule has 16 heavy (non-hydrogen) atoms. The minimum atomic E-state index is -0.170. The van der Waals surface area contributed by atoms with Crippen LogP contribution in [0.3, 0.4) is 0 Å². The highest BCUT2D eigenvalue weighted by Crippen LogP contribution is 2.11. The average Bonchev–Trinajstić information content (AvgIpc) is 2.27. The summed E-state index contributed by atoms with van der Waals surface area (Å²) in [7, 11) is 1.65. The summed E-state index contributed by atoms with van der Waals surface area (Å²) in [6, 6.07) is 7.43. The molecule has 2 amide bonds. The molecule has 0 aliphatic heterocycles. The van der Waals surface area contributed by atoms with E-state index in [9.17, 15) is 4.79 Å². The number of hydrogen-bond acceptors (Lipinski definition) is 2. The van der Waals surface area contributed by atoms with Gasteiger partial charge in [-0.05, 0) is 24.1 Å². The predicted molar refractivity (Wildman–Crippen MR) is 64.5 cm³/mol. The van der Waals surface area contributed by atoms with Crippen molar-refractivity contribution in [2.75, 3.05) is 19.0 Å². The zero-order valence-corrected chi connectivity index (χ0v) is 9.75. The molecule has 0 aliphatic carbocycles. The molecule has 0 fully saturated rings. The van der Waals surface area contributed by atoms with Gasteiger partial charge in [0.2, 0.25) is 0 Å². The Labute approximate surface area is 96.0 Å². The largest absolute Gasteiger partial charge is 0.380 e. The lowest BCUT2D eigenvalue weighted by molar-refractivity contribution is 0.185. The number of benzene rings is 1. The standard InChI is InChI=1S/C12H18N2O2/c1-3-7-13-12(15)14-11-6-4-5-10(8-11)9-16-2/h4-6,8H,3,7,9H2,1-2H3,(H2,13,14,15). The molecule has 0 radical (unpaired) electrons. The molecule has 0 saturated heterocycles. The van der Waals surface area contributed by atoms with Crippen LogP contribution >= 0.6 is 0 Å². The molecule has 2 N–H and O–H groups in total. The Balaban J connectivity index is 2.52. The fourth-order valence-corrected chi connectivity index (χ4v) is 1.32. The van der Waals surface area contributed by atoms with Crippen LogP contribution in [0.15, 0.2) is 24.3 Å². The molecule has 88 valence electrons. The Morgan fingerprint density at radius 3 is 2.94 bits per heavy atom. The van der Waals surface area contributed by atoms with E-state index in [2.05, 4.69) is 10.6 Å². The predicted octanol–water partition coefficient (Wildman–Crippen LogP) is 2.36. The highest BCUT2D eigenvalue weighted by molar-refractivity contribution is 5.89. The molecule has 0 unspecified atom stereocenters. The zero-order valence-electron chi connectivity index (χ0n) is 9.75. The molecule has 0 spiro atoms. The lowest BCUT2D eigenvalue weighted by Crippen LogP contribution is -2.29. The number of amides is 2. The number of rotatable bonds is 5. The minimum Gasteiger partial charge on any atom is -0.380 e. The van der Waals surface area contributed by atoms with Crippen molar-refractivity contribution >= 4 is 11.7 Å². The lowest BCUT2D eigenvalue weighted by Gasteiger charge is -2.08. The van der Waals surface area contributed by atoms with Crippen LogP contribution in [0, 0.1) is 0 Å². The summed E-state index contributed by atoms with van der Waals surface area (Å²) in [4.78, 5) is 11.4. The number of carbonyl (C=O) groups is 1. The number of nitrogens with one attached hydrogen (secondary N) is 2. The summed E-state index contributed by atoms with van der Waals surface area (Å²) in [6.07, 6.45) is 0.928. The van der Waals surface area contributed by atoms with Crippen molar-refractivity contribution in [3.05, 3.63) is 29.8 Å². The molecule has 0 aliphatic rings. The van der Waals surface area contributed by atoms with Gasteiger partial charge in [0, 0.05) is 19.3 Å². The van der Waals surface area contributed by atoms with Gasteiger partial charge >= 0.3 is 6.03 Å². The molecule has 0 aromatic heterocycles. The van der Waals surface area contributed by atoms with Crippen molar-refractivity contribution in [3.8, 4) is 0 Å². The van der Waals surface area contributed by atoms with Crippen molar-refractivity contribution in [3.63, 3.8) is 0 Å². The Morgan fingerprint density at radius 2 is 2.25 bits per heavy atom. The Morgan fingerprint density at radius 1 is 1.44 bits per heavy atom. The van der Waals surface area contributed by atoms with Gasteiger partial charge in [-0.15, -0.1) is 0 Å². The SMILES string of the molecule is CCCNC(=O)Nc1cccc(COC)c1. The van der Waals surface area contributed by atoms with Gasteiger partial charge in [-0.2, -0.15) is 0 Å². The van der Waals surface area contributed by atoms with Crippen LogP contribution in [0.1, 0.15) is 18.9 Å². The highest BCUT2D eigenvalue weighted by Gasteiger charge is 2.00. The second-order valence-electron chi connectivity index (χ2n) is 3.51. The molecular weight excluding hydrogens is 204 g/mol. The lowest BCUT2D eigenvalue weighted by atomic mass is 10.2. The van der Waals surface area contributed by atoms with E-state index in [1.807, 2.05) is 31.2 Å². The number of carbonyl (C=O) groups excluding carboxylic acids is 1. The molecule has 0 atom stereocenters. The number of urea groups is 1. The second-order valence-corrected chi connectivity index (χ2v) is 3.51. The molecule has 4 heteroatoms. The number of hydrogen-bond donors (Lipinski definition) is 2. The summed E-state index contributed by atoms with van der Waals surface area (Å²) in [6.45, 7) is 3.25. The molecule has 1 rings (SSSR count). The van der Waals surface area contributed by atoms with E-state index >= 15 is 0 Å². The third-order valence-corrected chi connectivity index (χ3v) is 2.03. The Kier molecular flexibility index (Phi) is 5.36. The number of anilines is 1. The summed E-state index contributed by atoms with van der Waals surface area (Å²) >= 11 is 0. The van der Waals surface area contributed by atoms with Crippen molar-refractivity contribution in [2.24, 2.45) is 0 Å². The van der Waals surface area contributed by atoms with Crippen molar-refractivity contribution < 1.29 is 9.53 Å². The van der Waals surface area contributed by atoms with Gasteiger partial charge in [-0.3, -0.25) is 0 Å². The van der Waals surface area contributed by atoms with Crippen molar-refractivity contribution in [1.29, 1.82) is 0 Å². The van der Waals surface area contributed by atoms with Crippen LogP contribution in [0.5, 0.6) is 0 Å². The summed E-state index contributed by atoms with van der Waals surface area (Å²) in [5.74, 6) is 0. The Bertz CT molecular complexity index is 340. The molecule has 1 aromatic carbocycles. The van der Waals surface area contributed by atoms with Gasteiger partial charge in [0.25, 0.3) is 0 Å². The maximum Gasteiger partial charge on any atom is 0.319 e. The van der Waals surface area contributed by atoms with Crippen molar-refractivity contribution in [2.45, 2.75) is 20.0 Å². The van der Waals surface area contributed by atoms with Crippen LogP contribution in [0.4, 0.5) is 10.5 Å². The van der Waals surface area contributed by atoms with E-state index in [4.69, 9.17) is 4.74 Å². The first-order chi connectivity index (χ1) is 7.76. The number of ether oxygens (including phenoxy) is 1. The molecule has 0 saturated carbocycles. The fourth-order valence-electron chi connectivity index (χ4n) is 1.32. The first kappa shape index (κ1) is 12.5. The van der Waals surface area contributed by atoms with Crippen molar-refractivity contribution in [1.82, 2.24) is 5.32 Å². The van der Waals surface area contributed by atoms with E-state index in [0.29, 0.717) is 13.2 Å². The maximum absolute atomic E-state index is 11.4. The number of methoxy groups -OCH3 is 1. The zero-order chi connectivity index (χ0) is 11.8. The first-order valence-corrected chi connectivity index (χ1v) is 5.39. The Hall–Kier alpha value is -1.55. The van der Waals surface area contributed by atoms with E-state index in [0.717, 1.165) is 17.7 Å². The summed E-state index contributed by atoms with van der Waals surface area (Å²) in [5, 5.41) is 5.52. The summed E-state index contributed by atoms with van der Waals surface area (Å²) < 4.78 is 5.02. The van der Waals surface area contributed by atoms with Gasteiger partial charge in [0.1, 0.15) is 0 Å². The van der Waals surface area contributed by atoms with Gasteiger partial charge in [-0.1, -0.05) is 19.1 Å². The minimum absolute atomic E-state index is 0.170. The molecular formula is C12H18N2O2. The highest BCUT2D eigenvalue weighted by atomic mass is 16.5. The summed E-state index contributed by atoms with van der Waals surface area (Å²) in [5.41, 5.74) is 1.82. The van der Waals surface area contributed by atoms with E-state index in [-0.39, 0.29) is 6.03 Å². The van der Waals surface area contributed by atoms with Gasteiger partial charge in [0.15, 0.2) is 0 Å². The monoisotopic (exact) mass is 222 g/mol. The van der Waals surface area contributed by atoms with Crippen LogP contribution in [-0.2, 0) is 11.3 Å². The normalized spacial score (nSPS) is 9.88. The molecule has 1 aromatic rings.